The molecular formula is C18H25FN2O2. The number of carbonyl (C=O) groups is 1. The summed E-state index contributed by atoms with van der Waals surface area (Å²) in [4.78, 5) is 14.3. The number of morpholine rings is 1. The first-order valence-electron chi connectivity index (χ1n) is 8.54. The first-order valence-corrected chi connectivity index (χ1v) is 8.54. The molecule has 3 rings (SSSR count). The van der Waals surface area contributed by atoms with Crippen LogP contribution in [-0.2, 0) is 16.0 Å². The summed E-state index contributed by atoms with van der Waals surface area (Å²) in [5, 5.41) is 3.32. The van der Waals surface area contributed by atoms with Gasteiger partial charge >= 0.3 is 0 Å². The Morgan fingerprint density at radius 3 is 2.78 bits per heavy atom. The van der Waals surface area contributed by atoms with Gasteiger partial charge < -0.3 is 15.0 Å². The van der Waals surface area contributed by atoms with Crippen LogP contribution < -0.4 is 5.32 Å². The minimum Gasteiger partial charge on any atom is -0.378 e. The average Bonchev–Trinajstić information content (AvgIpc) is 2.58. The lowest BCUT2D eigenvalue weighted by molar-refractivity contribution is -0.133. The first-order chi connectivity index (χ1) is 11.2. The van der Waals surface area contributed by atoms with Gasteiger partial charge in [0.2, 0.25) is 5.91 Å². The molecule has 1 unspecified atom stereocenters. The zero-order valence-corrected chi connectivity index (χ0v) is 13.5. The highest BCUT2D eigenvalue weighted by atomic mass is 19.1. The Labute approximate surface area is 137 Å². The normalized spacial score (nSPS) is 23.0. The minimum absolute atomic E-state index is 0.116. The lowest BCUT2D eigenvalue weighted by atomic mass is 9.90. The van der Waals surface area contributed by atoms with Crippen molar-refractivity contribution < 1.29 is 13.9 Å². The Hall–Kier alpha value is -1.46. The molecule has 0 radical (unpaired) electrons. The number of amides is 1. The summed E-state index contributed by atoms with van der Waals surface area (Å²) in [6, 6.07) is 7.14. The third-order valence-corrected chi connectivity index (χ3v) is 4.85. The first kappa shape index (κ1) is 16.4. The number of ether oxygens (including phenoxy) is 1. The van der Waals surface area contributed by atoms with Crippen molar-refractivity contribution in [3.63, 3.8) is 0 Å². The number of halogens is 1. The lowest BCUT2D eigenvalue weighted by Gasteiger charge is -2.33. The second-order valence-corrected chi connectivity index (χ2v) is 6.55. The fraction of sp³-hybridized carbons (Fsp3) is 0.611. The predicted molar refractivity (Wildman–Crippen MR) is 86.6 cm³/mol. The fourth-order valence-corrected chi connectivity index (χ4v) is 3.45. The number of nitrogens with zero attached hydrogens (tertiary/aromatic N) is 1. The quantitative estimate of drug-likeness (QED) is 0.922. The van der Waals surface area contributed by atoms with Gasteiger partial charge in [-0.25, -0.2) is 4.39 Å². The SMILES string of the molecule is O=C(CC1COCCN1)N1CCC(Cc2ccccc2F)CC1. The van der Waals surface area contributed by atoms with Crippen LogP contribution in [0.5, 0.6) is 0 Å². The summed E-state index contributed by atoms with van der Waals surface area (Å²) in [5.74, 6) is 0.554. The van der Waals surface area contributed by atoms with E-state index in [9.17, 15) is 9.18 Å². The van der Waals surface area contributed by atoms with Crippen molar-refractivity contribution in [2.24, 2.45) is 5.92 Å². The van der Waals surface area contributed by atoms with Gasteiger partial charge in [-0.05, 0) is 36.8 Å². The number of benzene rings is 1. The largest absolute Gasteiger partial charge is 0.378 e. The molecule has 2 saturated heterocycles. The van der Waals surface area contributed by atoms with Gasteiger partial charge in [0.25, 0.3) is 0 Å². The van der Waals surface area contributed by atoms with E-state index in [1.165, 1.54) is 6.07 Å². The molecular weight excluding hydrogens is 295 g/mol. The highest BCUT2D eigenvalue weighted by Gasteiger charge is 2.26. The van der Waals surface area contributed by atoms with Crippen molar-refractivity contribution in [3.05, 3.63) is 35.6 Å². The number of piperidine rings is 1. The molecule has 1 N–H and O–H groups in total. The monoisotopic (exact) mass is 320 g/mol. The van der Waals surface area contributed by atoms with Crippen LogP contribution in [0, 0.1) is 11.7 Å². The molecule has 0 bridgehead atoms. The molecule has 23 heavy (non-hydrogen) atoms. The van der Waals surface area contributed by atoms with E-state index in [0.717, 1.165) is 51.1 Å². The molecule has 1 amide bonds. The minimum atomic E-state index is -0.116. The van der Waals surface area contributed by atoms with Crippen molar-refractivity contribution >= 4 is 5.91 Å². The molecule has 0 spiro atoms. The van der Waals surface area contributed by atoms with Gasteiger partial charge in [-0.3, -0.25) is 4.79 Å². The zero-order valence-electron chi connectivity index (χ0n) is 13.5. The summed E-state index contributed by atoms with van der Waals surface area (Å²) in [6.45, 7) is 3.74. The summed E-state index contributed by atoms with van der Waals surface area (Å²) in [7, 11) is 0. The van der Waals surface area contributed by atoms with Gasteiger partial charge in [0.15, 0.2) is 0 Å². The predicted octanol–water partition coefficient (Wildman–Crippen LogP) is 1.99. The van der Waals surface area contributed by atoms with Crippen LogP contribution >= 0.6 is 0 Å². The molecule has 2 heterocycles. The number of carbonyl (C=O) groups excluding carboxylic acids is 1. The molecule has 2 aliphatic heterocycles. The second kappa shape index (κ2) is 7.88. The molecule has 5 heteroatoms. The number of hydrogen-bond donors (Lipinski definition) is 1. The van der Waals surface area contributed by atoms with E-state index in [1.54, 1.807) is 6.07 Å². The van der Waals surface area contributed by atoms with E-state index in [-0.39, 0.29) is 17.8 Å². The maximum atomic E-state index is 13.7. The van der Waals surface area contributed by atoms with Crippen LogP contribution in [-0.4, -0.2) is 49.7 Å². The van der Waals surface area contributed by atoms with Crippen molar-refractivity contribution in [1.29, 1.82) is 0 Å². The zero-order chi connectivity index (χ0) is 16.1. The van der Waals surface area contributed by atoms with Crippen LogP contribution in [0.4, 0.5) is 4.39 Å². The Morgan fingerprint density at radius 1 is 1.30 bits per heavy atom. The summed E-state index contributed by atoms with van der Waals surface area (Å²) < 4.78 is 19.1. The number of likely N-dealkylation sites (tertiary alicyclic amines) is 1. The topological polar surface area (TPSA) is 41.6 Å². The van der Waals surface area contributed by atoms with E-state index in [0.29, 0.717) is 18.9 Å². The van der Waals surface area contributed by atoms with Crippen molar-refractivity contribution in [1.82, 2.24) is 10.2 Å². The highest BCUT2D eigenvalue weighted by Crippen LogP contribution is 2.23. The van der Waals surface area contributed by atoms with Crippen LogP contribution in [0.15, 0.2) is 24.3 Å². The van der Waals surface area contributed by atoms with Gasteiger partial charge in [0, 0.05) is 32.1 Å². The fourth-order valence-electron chi connectivity index (χ4n) is 3.45. The third kappa shape index (κ3) is 4.52. The molecule has 1 atom stereocenters. The van der Waals surface area contributed by atoms with E-state index >= 15 is 0 Å². The van der Waals surface area contributed by atoms with Gasteiger partial charge in [-0.1, -0.05) is 18.2 Å². The standard InChI is InChI=1S/C18H25FN2O2/c19-17-4-2-1-3-15(17)11-14-5-8-21(9-6-14)18(22)12-16-13-23-10-7-20-16/h1-4,14,16,20H,5-13H2. The van der Waals surface area contributed by atoms with Crippen LogP contribution in [0.3, 0.4) is 0 Å². The molecule has 1 aromatic carbocycles. The highest BCUT2D eigenvalue weighted by molar-refractivity contribution is 5.77. The summed E-state index contributed by atoms with van der Waals surface area (Å²) in [6.07, 6.45) is 3.19. The van der Waals surface area contributed by atoms with E-state index in [1.807, 2.05) is 17.0 Å². The van der Waals surface area contributed by atoms with Crippen molar-refractivity contribution in [2.45, 2.75) is 31.7 Å². The Bertz CT molecular complexity index is 524. The van der Waals surface area contributed by atoms with Gasteiger partial charge in [0.05, 0.1) is 13.2 Å². The van der Waals surface area contributed by atoms with E-state index in [2.05, 4.69) is 5.32 Å². The van der Waals surface area contributed by atoms with Gasteiger partial charge in [-0.15, -0.1) is 0 Å². The smallest absolute Gasteiger partial charge is 0.224 e. The van der Waals surface area contributed by atoms with Crippen molar-refractivity contribution in [3.8, 4) is 0 Å². The molecule has 126 valence electrons. The molecule has 2 aliphatic rings. The van der Waals surface area contributed by atoms with Crippen LogP contribution in [0.2, 0.25) is 0 Å². The molecule has 0 saturated carbocycles. The Balaban J connectivity index is 1.44. The van der Waals surface area contributed by atoms with Crippen LogP contribution in [0.1, 0.15) is 24.8 Å². The molecule has 1 aromatic rings. The van der Waals surface area contributed by atoms with Gasteiger partial charge in [0.1, 0.15) is 5.82 Å². The molecule has 2 fully saturated rings. The van der Waals surface area contributed by atoms with Gasteiger partial charge in [-0.2, -0.15) is 0 Å². The number of rotatable bonds is 4. The average molecular weight is 320 g/mol. The Morgan fingerprint density at radius 2 is 2.09 bits per heavy atom. The lowest BCUT2D eigenvalue weighted by Crippen LogP contribution is -2.46. The van der Waals surface area contributed by atoms with Crippen molar-refractivity contribution in [2.75, 3.05) is 32.8 Å². The van der Waals surface area contributed by atoms with E-state index < -0.39 is 0 Å². The maximum absolute atomic E-state index is 13.7. The summed E-state index contributed by atoms with van der Waals surface area (Å²) >= 11 is 0. The van der Waals surface area contributed by atoms with Crippen LogP contribution in [0.25, 0.3) is 0 Å². The number of hydrogen-bond acceptors (Lipinski definition) is 3. The Kier molecular flexibility index (Phi) is 5.62. The molecule has 0 aromatic heterocycles. The second-order valence-electron chi connectivity index (χ2n) is 6.55. The third-order valence-electron chi connectivity index (χ3n) is 4.85. The number of nitrogens with one attached hydrogen (secondary N) is 1. The van der Waals surface area contributed by atoms with E-state index in [4.69, 9.17) is 4.74 Å². The molecule has 4 nitrogen and oxygen atoms in total. The maximum Gasteiger partial charge on any atom is 0.224 e. The summed E-state index contributed by atoms with van der Waals surface area (Å²) in [5.41, 5.74) is 0.792. The molecule has 0 aliphatic carbocycles.